The highest BCUT2D eigenvalue weighted by atomic mass is 35.5. The summed E-state index contributed by atoms with van der Waals surface area (Å²) in [5, 5.41) is 2.94. The lowest BCUT2D eigenvalue weighted by atomic mass is 9.98. The third-order valence-electron chi connectivity index (χ3n) is 2.93. The Labute approximate surface area is 78.7 Å². The van der Waals surface area contributed by atoms with E-state index in [2.05, 4.69) is 19.2 Å². The lowest BCUT2D eigenvalue weighted by molar-refractivity contribution is -0.119. The first-order chi connectivity index (χ1) is 5.65. The van der Waals surface area contributed by atoms with Crippen molar-refractivity contribution in [3.05, 3.63) is 0 Å². The maximum absolute atomic E-state index is 11.0. The normalized spacial score (nSPS) is 35.1. The Balaban J connectivity index is 2.38. The van der Waals surface area contributed by atoms with E-state index in [1.807, 2.05) is 0 Å². The van der Waals surface area contributed by atoms with Gasteiger partial charge < -0.3 is 5.32 Å². The van der Waals surface area contributed by atoms with E-state index >= 15 is 0 Å². The van der Waals surface area contributed by atoms with Crippen molar-refractivity contribution < 1.29 is 4.79 Å². The molecule has 1 amide bonds. The van der Waals surface area contributed by atoms with Gasteiger partial charge in [-0.1, -0.05) is 13.8 Å². The summed E-state index contributed by atoms with van der Waals surface area (Å²) in [6.45, 7) is 4.42. The van der Waals surface area contributed by atoms with Crippen LogP contribution in [0.2, 0.25) is 0 Å². The first-order valence-corrected chi connectivity index (χ1v) is 5.04. The summed E-state index contributed by atoms with van der Waals surface area (Å²) in [4.78, 5) is 11.0. The van der Waals surface area contributed by atoms with Gasteiger partial charge in [0.15, 0.2) is 0 Å². The predicted molar refractivity (Wildman–Crippen MR) is 50.2 cm³/mol. The molecular formula is C9H16ClNO. The molecule has 1 fully saturated rings. The van der Waals surface area contributed by atoms with E-state index < -0.39 is 0 Å². The average molecular weight is 190 g/mol. The van der Waals surface area contributed by atoms with E-state index in [1.165, 1.54) is 6.42 Å². The molecule has 0 spiro atoms. The first kappa shape index (κ1) is 9.85. The first-order valence-electron chi connectivity index (χ1n) is 4.50. The van der Waals surface area contributed by atoms with Crippen LogP contribution in [0.1, 0.15) is 26.7 Å². The van der Waals surface area contributed by atoms with Crippen molar-refractivity contribution in [3.63, 3.8) is 0 Å². The Bertz CT molecular complexity index is 172. The topological polar surface area (TPSA) is 29.1 Å². The summed E-state index contributed by atoms with van der Waals surface area (Å²) in [6, 6.07) is 0.353. The second-order valence-electron chi connectivity index (χ2n) is 3.72. The van der Waals surface area contributed by atoms with Crippen molar-refractivity contribution >= 4 is 17.5 Å². The largest absolute Gasteiger partial charge is 0.352 e. The van der Waals surface area contributed by atoms with Gasteiger partial charge in [-0.3, -0.25) is 4.79 Å². The Morgan fingerprint density at radius 1 is 1.50 bits per heavy atom. The third kappa shape index (κ3) is 2.13. The van der Waals surface area contributed by atoms with Crippen LogP contribution in [0.25, 0.3) is 0 Å². The minimum Gasteiger partial charge on any atom is -0.352 e. The van der Waals surface area contributed by atoms with Crippen molar-refractivity contribution in [3.8, 4) is 0 Å². The number of rotatable bonds is 2. The Morgan fingerprint density at radius 3 is 2.58 bits per heavy atom. The summed E-state index contributed by atoms with van der Waals surface area (Å²) < 4.78 is 0. The lowest BCUT2D eigenvalue weighted by Crippen LogP contribution is -2.37. The fourth-order valence-electron chi connectivity index (χ4n) is 1.81. The molecule has 70 valence electrons. The van der Waals surface area contributed by atoms with Crippen molar-refractivity contribution in [1.82, 2.24) is 5.32 Å². The smallest absolute Gasteiger partial charge is 0.235 e. The van der Waals surface area contributed by atoms with Gasteiger partial charge in [0.25, 0.3) is 0 Å². The zero-order valence-corrected chi connectivity index (χ0v) is 8.40. The molecule has 0 radical (unpaired) electrons. The molecular weight excluding hydrogens is 174 g/mol. The Morgan fingerprint density at radius 2 is 2.17 bits per heavy atom. The SMILES string of the molecule is CC1CCC(NC(=O)CCl)C1C. The Hall–Kier alpha value is -0.240. The van der Waals surface area contributed by atoms with E-state index in [4.69, 9.17) is 11.6 Å². The molecule has 0 aromatic carbocycles. The maximum atomic E-state index is 11.0. The van der Waals surface area contributed by atoms with E-state index in [0.29, 0.717) is 12.0 Å². The molecule has 0 bridgehead atoms. The van der Waals surface area contributed by atoms with Crippen LogP contribution in [0.5, 0.6) is 0 Å². The zero-order chi connectivity index (χ0) is 9.14. The summed E-state index contributed by atoms with van der Waals surface area (Å²) in [7, 11) is 0. The van der Waals surface area contributed by atoms with Crippen LogP contribution in [-0.4, -0.2) is 17.8 Å². The second kappa shape index (κ2) is 4.13. The Kier molecular flexibility index (Phi) is 3.39. The fraction of sp³-hybridized carbons (Fsp3) is 0.889. The second-order valence-corrected chi connectivity index (χ2v) is 3.99. The number of carbonyl (C=O) groups excluding carboxylic acids is 1. The number of amides is 1. The van der Waals surface area contributed by atoms with Crippen LogP contribution in [0.4, 0.5) is 0 Å². The minimum absolute atomic E-state index is 0.0392. The van der Waals surface area contributed by atoms with E-state index in [0.717, 1.165) is 12.3 Å². The van der Waals surface area contributed by atoms with Gasteiger partial charge in [0.2, 0.25) is 5.91 Å². The average Bonchev–Trinajstić information content (AvgIpc) is 2.36. The number of alkyl halides is 1. The molecule has 0 aliphatic heterocycles. The number of nitrogens with one attached hydrogen (secondary N) is 1. The maximum Gasteiger partial charge on any atom is 0.235 e. The molecule has 1 N–H and O–H groups in total. The van der Waals surface area contributed by atoms with Gasteiger partial charge in [-0.25, -0.2) is 0 Å². The molecule has 0 aromatic rings. The minimum atomic E-state index is -0.0392. The molecule has 0 aromatic heterocycles. The molecule has 1 aliphatic carbocycles. The van der Waals surface area contributed by atoms with Gasteiger partial charge in [-0.2, -0.15) is 0 Å². The van der Waals surface area contributed by atoms with Crippen LogP contribution >= 0.6 is 11.6 Å². The molecule has 12 heavy (non-hydrogen) atoms. The summed E-state index contributed by atoms with van der Waals surface area (Å²) in [6.07, 6.45) is 2.32. The molecule has 1 aliphatic rings. The van der Waals surface area contributed by atoms with Gasteiger partial charge in [0, 0.05) is 6.04 Å². The molecule has 1 rings (SSSR count). The van der Waals surface area contributed by atoms with Crippen LogP contribution in [0, 0.1) is 11.8 Å². The molecule has 0 heterocycles. The van der Waals surface area contributed by atoms with Crippen molar-refractivity contribution in [2.24, 2.45) is 11.8 Å². The number of carbonyl (C=O) groups is 1. The van der Waals surface area contributed by atoms with E-state index in [9.17, 15) is 4.79 Å². The number of halogens is 1. The molecule has 2 nitrogen and oxygen atoms in total. The van der Waals surface area contributed by atoms with E-state index in [1.54, 1.807) is 0 Å². The van der Waals surface area contributed by atoms with Crippen LogP contribution in [0.15, 0.2) is 0 Å². The number of hydrogen-bond donors (Lipinski definition) is 1. The van der Waals surface area contributed by atoms with Crippen molar-refractivity contribution in [2.75, 3.05) is 5.88 Å². The highest BCUT2D eigenvalue weighted by molar-refractivity contribution is 6.27. The lowest BCUT2D eigenvalue weighted by Gasteiger charge is -2.18. The highest BCUT2D eigenvalue weighted by Crippen LogP contribution is 2.30. The number of hydrogen-bond acceptors (Lipinski definition) is 1. The zero-order valence-electron chi connectivity index (χ0n) is 7.64. The summed E-state index contributed by atoms with van der Waals surface area (Å²) in [5.41, 5.74) is 0. The highest BCUT2D eigenvalue weighted by Gasteiger charge is 2.30. The summed E-state index contributed by atoms with van der Waals surface area (Å²) in [5.74, 6) is 1.36. The van der Waals surface area contributed by atoms with Gasteiger partial charge in [0.1, 0.15) is 5.88 Å². The van der Waals surface area contributed by atoms with Gasteiger partial charge in [-0.15, -0.1) is 11.6 Å². The molecule has 0 saturated heterocycles. The van der Waals surface area contributed by atoms with Gasteiger partial charge in [-0.05, 0) is 24.7 Å². The van der Waals surface area contributed by atoms with E-state index in [-0.39, 0.29) is 11.8 Å². The molecule has 3 heteroatoms. The fourth-order valence-corrected chi connectivity index (χ4v) is 1.89. The monoisotopic (exact) mass is 189 g/mol. The van der Waals surface area contributed by atoms with Crippen molar-refractivity contribution in [2.45, 2.75) is 32.7 Å². The van der Waals surface area contributed by atoms with Crippen LogP contribution in [-0.2, 0) is 4.79 Å². The van der Waals surface area contributed by atoms with Crippen LogP contribution < -0.4 is 5.32 Å². The standard InChI is InChI=1S/C9H16ClNO/c1-6-3-4-8(7(6)2)11-9(12)5-10/h6-8H,3-5H2,1-2H3,(H,11,12). The molecule has 1 saturated carbocycles. The van der Waals surface area contributed by atoms with Crippen molar-refractivity contribution in [1.29, 1.82) is 0 Å². The third-order valence-corrected chi connectivity index (χ3v) is 3.18. The molecule has 3 unspecified atom stereocenters. The predicted octanol–water partition coefficient (Wildman–Crippen LogP) is 1.78. The summed E-state index contributed by atoms with van der Waals surface area (Å²) >= 11 is 5.40. The van der Waals surface area contributed by atoms with Gasteiger partial charge >= 0.3 is 0 Å². The van der Waals surface area contributed by atoms with Crippen LogP contribution in [0.3, 0.4) is 0 Å². The van der Waals surface area contributed by atoms with Gasteiger partial charge in [0.05, 0.1) is 0 Å². The molecule has 3 atom stereocenters. The quantitative estimate of drug-likeness (QED) is 0.660.